The Bertz CT molecular complexity index is 785. The first kappa shape index (κ1) is 14.7. The van der Waals surface area contributed by atoms with Gasteiger partial charge in [0.15, 0.2) is 5.76 Å². The Balaban J connectivity index is 2.06. The maximum absolute atomic E-state index is 5.61. The summed E-state index contributed by atoms with van der Waals surface area (Å²) in [5.74, 6) is 1.59. The van der Waals surface area contributed by atoms with Crippen molar-refractivity contribution in [3.8, 4) is 5.75 Å². The zero-order valence-electron chi connectivity index (χ0n) is 12.4. The molecule has 0 unspecified atom stereocenters. The molecule has 0 bridgehead atoms. The number of fused-ring (bicyclic) bond motifs is 1. The van der Waals surface area contributed by atoms with Gasteiger partial charge in [-0.25, -0.2) is 0 Å². The summed E-state index contributed by atoms with van der Waals surface area (Å²) in [5.41, 5.74) is 3.05. The standard InChI is InChI=1S/C18H16BrNO2/c1-21-14-9-7-12(8-10-14)17(19)18(22-2)16-11-13-5-3-4-6-15(13)20-16/h3-11,20H,1-2H3/b18-17-. The molecule has 0 atom stereocenters. The lowest BCUT2D eigenvalue weighted by atomic mass is 10.1. The van der Waals surface area contributed by atoms with Gasteiger partial charge in [-0.3, -0.25) is 0 Å². The number of rotatable bonds is 4. The number of aromatic amines is 1. The third kappa shape index (κ3) is 2.74. The highest BCUT2D eigenvalue weighted by Crippen LogP contribution is 2.33. The molecule has 0 aliphatic heterocycles. The Hall–Kier alpha value is -2.20. The van der Waals surface area contributed by atoms with Crippen LogP contribution in [0.25, 0.3) is 21.1 Å². The van der Waals surface area contributed by atoms with Gasteiger partial charge in [0.05, 0.1) is 24.4 Å². The zero-order valence-corrected chi connectivity index (χ0v) is 14.0. The van der Waals surface area contributed by atoms with Crippen molar-refractivity contribution in [1.82, 2.24) is 4.98 Å². The van der Waals surface area contributed by atoms with Crippen molar-refractivity contribution in [3.05, 3.63) is 65.9 Å². The van der Waals surface area contributed by atoms with Crippen molar-refractivity contribution in [2.75, 3.05) is 14.2 Å². The molecule has 0 amide bonds. The van der Waals surface area contributed by atoms with Gasteiger partial charge in [0.2, 0.25) is 0 Å². The van der Waals surface area contributed by atoms with Gasteiger partial charge in [-0.15, -0.1) is 0 Å². The number of methoxy groups -OCH3 is 2. The first-order valence-corrected chi connectivity index (χ1v) is 7.68. The molecular weight excluding hydrogens is 342 g/mol. The minimum absolute atomic E-state index is 0.765. The molecule has 3 aromatic rings. The van der Waals surface area contributed by atoms with E-state index < -0.39 is 0 Å². The number of para-hydroxylation sites is 1. The van der Waals surface area contributed by atoms with Gasteiger partial charge in [0.25, 0.3) is 0 Å². The van der Waals surface area contributed by atoms with Gasteiger partial charge in [-0.2, -0.15) is 0 Å². The summed E-state index contributed by atoms with van der Waals surface area (Å²) in [7, 11) is 3.33. The van der Waals surface area contributed by atoms with Crippen LogP contribution in [0.15, 0.2) is 54.6 Å². The highest BCUT2D eigenvalue weighted by atomic mass is 79.9. The monoisotopic (exact) mass is 357 g/mol. The van der Waals surface area contributed by atoms with Crippen LogP contribution in [0.5, 0.6) is 5.75 Å². The smallest absolute Gasteiger partial charge is 0.157 e. The summed E-state index contributed by atoms with van der Waals surface area (Å²) in [6, 6.07) is 18.1. The van der Waals surface area contributed by atoms with E-state index in [1.165, 1.54) is 0 Å². The summed E-state index contributed by atoms with van der Waals surface area (Å²) in [4.78, 5) is 3.38. The fraction of sp³-hybridized carbons (Fsp3) is 0.111. The minimum atomic E-state index is 0.765. The predicted molar refractivity (Wildman–Crippen MR) is 94.0 cm³/mol. The van der Waals surface area contributed by atoms with E-state index in [1.807, 2.05) is 42.5 Å². The number of halogens is 1. The maximum atomic E-state index is 5.61. The number of aromatic nitrogens is 1. The Labute approximate surface area is 137 Å². The van der Waals surface area contributed by atoms with Crippen molar-refractivity contribution < 1.29 is 9.47 Å². The van der Waals surface area contributed by atoms with Crippen LogP contribution in [0.4, 0.5) is 0 Å². The molecule has 1 heterocycles. The van der Waals surface area contributed by atoms with Crippen LogP contribution >= 0.6 is 15.9 Å². The van der Waals surface area contributed by atoms with E-state index in [0.29, 0.717) is 0 Å². The first-order valence-electron chi connectivity index (χ1n) is 6.89. The summed E-state index contributed by atoms with van der Waals surface area (Å²) in [6.45, 7) is 0. The molecule has 0 spiro atoms. The van der Waals surface area contributed by atoms with Crippen molar-refractivity contribution in [3.63, 3.8) is 0 Å². The molecule has 1 aromatic heterocycles. The number of H-pyrrole nitrogens is 1. The fourth-order valence-electron chi connectivity index (χ4n) is 2.38. The molecule has 2 aromatic carbocycles. The fourth-order valence-corrected chi connectivity index (χ4v) is 3.02. The molecule has 0 radical (unpaired) electrons. The molecule has 0 aliphatic rings. The Kier molecular flexibility index (Phi) is 4.20. The lowest BCUT2D eigenvalue weighted by molar-refractivity contribution is 0.371. The Morgan fingerprint density at radius 1 is 1.00 bits per heavy atom. The lowest BCUT2D eigenvalue weighted by Gasteiger charge is -2.09. The molecule has 0 saturated heterocycles. The molecule has 0 saturated carbocycles. The first-order chi connectivity index (χ1) is 10.7. The topological polar surface area (TPSA) is 34.2 Å². The average molecular weight is 358 g/mol. The third-order valence-electron chi connectivity index (χ3n) is 3.52. The van der Waals surface area contributed by atoms with Crippen molar-refractivity contribution in [1.29, 1.82) is 0 Å². The molecule has 3 nitrogen and oxygen atoms in total. The van der Waals surface area contributed by atoms with E-state index in [4.69, 9.17) is 9.47 Å². The van der Waals surface area contributed by atoms with E-state index in [2.05, 4.69) is 33.0 Å². The Morgan fingerprint density at radius 3 is 2.36 bits per heavy atom. The van der Waals surface area contributed by atoms with E-state index in [9.17, 15) is 0 Å². The van der Waals surface area contributed by atoms with Gasteiger partial charge >= 0.3 is 0 Å². The van der Waals surface area contributed by atoms with E-state index >= 15 is 0 Å². The van der Waals surface area contributed by atoms with Crippen molar-refractivity contribution in [2.45, 2.75) is 0 Å². The largest absolute Gasteiger partial charge is 0.497 e. The molecule has 22 heavy (non-hydrogen) atoms. The van der Waals surface area contributed by atoms with Gasteiger partial charge in [-0.05, 0) is 45.8 Å². The number of ether oxygens (including phenoxy) is 2. The number of benzene rings is 2. The second-order valence-corrected chi connectivity index (χ2v) is 5.64. The van der Waals surface area contributed by atoms with Crippen LogP contribution in [0.3, 0.4) is 0 Å². The highest BCUT2D eigenvalue weighted by molar-refractivity contribution is 9.15. The van der Waals surface area contributed by atoms with Crippen LogP contribution in [0.2, 0.25) is 0 Å². The third-order valence-corrected chi connectivity index (χ3v) is 4.34. The van der Waals surface area contributed by atoms with E-state index in [1.54, 1.807) is 14.2 Å². The second-order valence-electron chi connectivity index (χ2n) is 4.85. The number of nitrogens with one attached hydrogen (secondary N) is 1. The molecule has 3 rings (SSSR count). The van der Waals surface area contributed by atoms with Crippen LogP contribution in [-0.2, 0) is 4.74 Å². The number of hydrogen-bond acceptors (Lipinski definition) is 2. The SMILES string of the molecule is CO/C(=C(\Br)c1ccc(OC)cc1)c1cc2ccccc2[nH]1. The van der Waals surface area contributed by atoms with Crippen LogP contribution < -0.4 is 4.74 Å². The van der Waals surface area contributed by atoms with Crippen molar-refractivity contribution >= 4 is 37.1 Å². The van der Waals surface area contributed by atoms with Crippen LogP contribution in [0, 0.1) is 0 Å². The highest BCUT2D eigenvalue weighted by Gasteiger charge is 2.12. The minimum Gasteiger partial charge on any atom is -0.497 e. The predicted octanol–water partition coefficient (Wildman–Crippen LogP) is 5.04. The van der Waals surface area contributed by atoms with Crippen LogP contribution in [-0.4, -0.2) is 19.2 Å². The average Bonchev–Trinajstić information content (AvgIpc) is 2.99. The second kappa shape index (κ2) is 6.28. The van der Waals surface area contributed by atoms with Gasteiger partial charge in [0.1, 0.15) is 5.75 Å². The maximum Gasteiger partial charge on any atom is 0.157 e. The number of hydrogen-bond donors (Lipinski definition) is 1. The molecule has 0 fully saturated rings. The van der Waals surface area contributed by atoms with Gasteiger partial charge in [-0.1, -0.05) is 30.3 Å². The molecule has 0 aliphatic carbocycles. The lowest BCUT2D eigenvalue weighted by Crippen LogP contribution is -1.91. The summed E-state index contributed by atoms with van der Waals surface area (Å²) >= 11 is 3.65. The van der Waals surface area contributed by atoms with E-state index in [-0.39, 0.29) is 0 Å². The molecule has 4 heteroatoms. The molecule has 1 N–H and O–H groups in total. The quantitative estimate of drug-likeness (QED) is 0.663. The molecule has 112 valence electrons. The van der Waals surface area contributed by atoms with E-state index in [0.717, 1.165) is 38.2 Å². The summed E-state index contributed by atoms with van der Waals surface area (Å²) in [6.07, 6.45) is 0. The Morgan fingerprint density at radius 2 is 1.73 bits per heavy atom. The normalized spacial score (nSPS) is 12.1. The zero-order chi connectivity index (χ0) is 15.5. The van der Waals surface area contributed by atoms with Gasteiger partial charge in [0, 0.05) is 10.9 Å². The molecular formula is C18H16BrNO2. The summed E-state index contributed by atoms with van der Waals surface area (Å²) < 4.78 is 11.7. The summed E-state index contributed by atoms with van der Waals surface area (Å²) in [5, 5.41) is 1.15. The van der Waals surface area contributed by atoms with Crippen molar-refractivity contribution in [2.24, 2.45) is 0 Å². The van der Waals surface area contributed by atoms with Gasteiger partial charge < -0.3 is 14.5 Å². The van der Waals surface area contributed by atoms with Crippen LogP contribution in [0.1, 0.15) is 11.3 Å².